The van der Waals surface area contributed by atoms with Gasteiger partial charge >= 0.3 is 6.18 Å². The molecule has 0 radical (unpaired) electrons. The van der Waals surface area contributed by atoms with Gasteiger partial charge in [-0.3, -0.25) is 0 Å². The van der Waals surface area contributed by atoms with Crippen LogP contribution in [0, 0.1) is 12.3 Å². The monoisotopic (exact) mass is 300 g/mol. The SMILES string of the molecule is C#C[C@@](O)(c1c2ccccc2cc2ccccc12)C(F)(F)F. The Bertz CT molecular complexity index is 851. The Balaban J connectivity index is 2.57. The summed E-state index contributed by atoms with van der Waals surface area (Å²) in [6.45, 7) is 0. The third kappa shape index (κ3) is 1.94. The van der Waals surface area contributed by atoms with Crippen LogP contribution in [0.25, 0.3) is 21.5 Å². The van der Waals surface area contributed by atoms with Crippen molar-refractivity contribution in [3.8, 4) is 12.3 Å². The number of fused-ring (bicyclic) bond motifs is 2. The number of rotatable bonds is 1. The Hall–Kier alpha value is -2.51. The fraction of sp³-hybridized carbons (Fsp3) is 0.111. The van der Waals surface area contributed by atoms with E-state index in [1.54, 1.807) is 48.4 Å². The molecule has 3 aromatic carbocycles. The van der Waals surface area contributed by atoms with Crippen LogP contribution in [-0.2, 0) is 5.60 Å². The largest absolute Gasteiger partial charge is 0.433 e. The Morgan fingerprint density at radius 1 is 0.864 bits per heavy atom. The smallest absolute Gasteiger partial charge is 0.366 e. The highest BCUT2D eigenvalue weighted by Gasteiger charge is 2.55. The normalized spacial score (nSPS) is 14.7. The molecule has 0 spiro atoms. The minimum Gasteiger partial charge on any atom is -0.366 e. The molecule has 1 atom stereocenters. The summed E-state index contributed by atoms with van der Waals surface area (Å²) in [5, 5.41) is 12.0. The number of alkyl halides is 3. The molecule has 0 bridgehead atoms. The van der Waals surface area contributed by atoms with Crippen molar-refractivity contribution in [2.45, 2.75) is 11.8 Å². The highest BCUT2D eigenvalue weighted by Crippen LogP contribution is 2.44. The van der Waals surface area contributed by atoms with Gasteiger partial charge in [0.2, 0.25) is 5.60 Å². The standard InChI is InChI=1S/C18H11F3O/c1-2-17(22,18(19,20)21)16-14-9-5-3-7-12(14)11-13-8-4-6-10-15(13)16/h1,3-11,22H/t17-/m1/s1. The molecule has 0 fully saturated rings. The van der Waals surface area contributed by atoms with Crippen molar-refractivity contribution in [2.75, 3.05) is 0 Å². The maximum absolute atomic E-state index is 13.5. The van der Waals surface area contributed by atoms with E-state index in [0.717, 1.165) is 0 Å². The third-order valence-corrected chi connectivity index (χ3v) is 3.75. The van der Waals surface area contributed by atoms with Gasteiger partial charge in [0.25, 0.3) is 0 Å². The van der Waals surface area contributed by atoms with Crippen LogP contribution in [0.3, 0.4) is 0 Å². The highest BCUT2D eigenvalue weighted by molar-refractivity contribution is 6.03. The van der Waals surface area contributed by atoms with Gasteiger partial charge in [-0.15, -0.1) is 6.42 Å². The van der Waals surface area contributed by atoms with Crippen LogP contribution in [-0.4, -0.2) is 11.3 Å². The van der Waals surface area contributed by atoms with Gasteiger partial charge in [0.1, 0.15) is 0 Å². The van der Waals surface area contributed by atoms with Crippen molar-refractivity contribution in [2.24, 2.45) is 0 Å². The molecule has 0 aliphatic heterocycles. The lowest BCUT2D eigenvalue weighted by atomic mass is 9.85. The summed E-state index contributed by atoms with van der Waals surface area (Å²) in [4.78, 5) is 0. The number of hydrogen-bond donors (Lipinski definition) is 1. The van der Waals surface area contributed by atoms with Gasteiger partial charge < -0.3 is 5.11 Å². The number of hydrogen-bond acceptors (Lipinski definition) is 1. The fourth-order valence-corrected chi connectivity index (χ4v) is 2.70. The summed E-state index contributed by atoms with van der Waals surface area (Å²) in [5.41, 5.74) is -3.63. The van der Waals surface area contributed by atoms with E-state index in [1.807, 2.05) is 0 Å². The molecule has 0 saturated carbocycles. The van der Waals surface area contributed by atoms with E-state index < -0.39 is 11.8 Å². The lowest BCUT2D eigenvalue weighted by Gasteiger charge is -2.28. The molecule has 3 rings (SSSR count). The van der Waals surface area contributed by atoms with Crippen molar-refractivity contribution in [3.63, 3.8) is 0 Å². The van der Waals surface area contributed by atoms with Crippen LogP contribution >= 0.6 is 0 Å². The molecule has 0 unspecified atom stereocenters. The lowest BCUT2D eigenvalue weighted by molar-refractivity contribution is -0.239. The summed E-state index contributed by atoms with van der Waals surface area (Å²) < 4.78 is 40.4. The second-order valence-corrected chi connectivity index (χ2v) is 5.05. The average Bonchev–Trinajstić information content (AvgIpc) is 2.50. The van der Waals surface area contributed by atoms with E-state index >= 15 is 0 Å². The molecular formula is C18H11F3O. The molecule has 22 heavy (non-hydrogen) atoms. The molecule has 0 saturated heterocycles. The van der Waals surface area contributed by atoms with Crippen LogP contribution in [0.5, 0.6) is 0 Å². The van der Waals surface area contributed by atoms with Gasteiger partial charge in [-0.05, 0) is 27.6 Å². The molecule has 110 valence electrons. The van der Waals surface area contributed by atoms with Gasteiger partial charge in [0.15, 0.2) is 0 Å². The summed E-state index contributed by atoms with van der Waals surface area (Å²) in [6.07, 6.45) is 0.110. The summed E-state index contributed by atoms with van der Waals surface area (Å²) in [7, 11) is 0. The molecule has 3 aromatic rings. The first-order chi connectivity index (χ1) is 10.4. The van der Waals surface area contributed by atoms with Crippen LogP contribution in [0.15, 0.2) is 54.6 Å². The fourth-order valence-electron chi connectivity index (χ4n) is 2.70. The van der Waals surface area contributed by atoms with Crippen LogP contribution in [0.2, 0.25) is 0 Å². The molecule has 0 amide bonds. The van der Waals surface area contributed by atoms with E-state index in [4.69, 9.17) is 6.42 Å². The quantitative estimate of drug-likeness (QED) is 0.522. The van der Waals surface area contributed by atoms with Crippen molar-refractivity contribution in [1.29, 1.82) is 0 Å². The third-order valence-electron chi connectivity index (χ3n) is 3.75. The van der Waals surface area contributed by atoms with Crippen molar-refractivity contribution < 1.29 is 18.3 Å². The number of halogens is 3. The second-order valence-electron chi connectivity index (χ2n) is 5.05. The van der Waals surface area contributed by atoms with Crippen molar-refractivity contribution in [3.05, 3.63) is 60.2 Å². The van der Waals surface area contributed by atoms with Gasteiger partial charge in [-0.1, -0.05) is 54.5 Å². The maximum Gasteiger partial charge on any atom is 0.433 e. The predicted octanol–water partition coefficient (Wildman–Crippen LogP) is 4.38. The number of terminal acetylenes is 1. The van der Waals surface area contributed by atoms with E-state index in [-0.39, 0.29) is 5.56 Å². The first kappa shape index (κ1) is 14.4. The Morgan fingerprint density at radius 3 is 1.73 bits per heavy atom. The van der Waals surface area contributed by atoms with Gasteiger partial charge in [-0.2, -0.15) is 13.2 Å². The van der Waals surface area contributed by atoms with Gasteiger partial charge in [0.05, 0.1) is 0 Å². The Labute approximate surface area is 125 Å². The Morgan fingerprint density at radius 2 is 1.32 bits per heavy atom. The van der Waals surface area contributed by atoms with Crippen LogP contribution in [0.1, 0.15) is 5.56 Å². The van der Waals surface area contributed by atoms with Crippen LogP contribution < -0.4 is 0 Å². The zero-order valence-corrected chi connectivity index (χ0v) is 11.4. The van der Waals surface area contributed by atoms with Crippen molar-refractivity contribution in [1.82, 2.24) is 0 Å². The molecule has 0 aromatic heterocycles. The van der Waals surface area contributed by atoms with Gasteiger partial charge in [0, 0.05) is 5.56 Å². The minimum atomic E-state index is -4.98. The first-order valence-electron chi connectivity index (χ1n) is 6.56. The van der Waals surface area contributed by atoms with E-state index in [1.165, 1.54) is 12.1 Å². The zero-order chi connectivity index (χ0) is 16.0. The predicted molar refractivity (Wildman–Crippen MR) is 80.2 cm³/mol. The number of benzene rings is 3. The maximum atomic E-state index is 13.5. The first-order valence-corrected chi connectivity index (χ1v) is 6.56. The van der Waals surface area contributed by atoms with E-state index in [0.29, 0.717) is 21.5 Å². The molecule has 0 aliphatic rings. The van der Waals surface area contributed by atoms with Crippen molar-refractivity contribution >= 4 is 21.5 Å². The summed E-state index contributed by atoms with van der Waals surface area (Å²) >= 11 is 0. The highest BCUT2D eigenvalue weighted by atomic mass is 19.4. The summed E-state index contributed by atoms with van der Waals surface area (Å²) in [5.74, 6) is 1.55. The van der Waals surface area contributed by atoms with E-state index in [9.17, 15) is 18.3 Å². The minimum absolute atomic E-state index is 0.291. The van der Waals surface area contributed by atoms with Gasteiger partial charge in [-0.25, -0.2) is 0 Å². The molecule has 0 heterocycles. The zero-order valence-electron chi connectivity index (χ0n) is 11.4. The molecule has 1 nitrogen and oxygen atoms in total. The summed E-state index contributed by atoms with van der Waals surface area (Å²) in [6, 6.07) is 14.9. The topological polar surface area (TPSA) is 20.2 Å². The number of aliphatic hydroxyl groups is 1. The molecule has 4 heteroatoms. The van der Waals surface area contributed by atoms with Crippen LogP contribution in [0.4, 0.5) is 13.2 Å². The van der Waals surface area contributed by atoms with E-state index in [2.05, 4.69) is 0 Å². The second kappa shape index (κ2) is 4.75. The molecule has 1 N–H and O–H groups in total. The lowest BCUT2D eigenvalue weighted by Crippen LogP contribution is -2.41. The average molecular weight is 300 g/mol. The molecule has 0 aliphatic carbocycles. The Kier molecular flexibility index (Phi) is 3.12. The molecular weight excluding hydrogens is 289 g/mol.